The number of aliphatic hydroxyl groups is 7. The molecule has 7 rings (SSSR count). The Morgan fingerprint density at radius 3 is 1.88 bits per heavy atom. The molecular formula is C53H82N12O12. The number of nitrogens with zero attached hydrogens (tertiary/aromatic N) is 3. The van der Waals surface area contributed by atoms with Crippen molar-refractivity contribution in [3.8, 4) is 5.75 Å². The van der Waals surface area contributed by atoms with Crippen molar-refractivity contribution in [2.45, 2.75) is 63.1 Å². The number of amides is 4. The number of hydrogen-bond acceptors (Lipinski definition) is 20. The maximum atomic E-state index is 13.6. The summed E-state index contributed by atoms with van der Waals surface area (Å²) in [6.07, 6.45) is 7.55. The summed E-state index contributed by atoms with van der Waals surface area (Å²) in [5.74, 6) is -5.73. The molecule has 3 aliphatic carbocycles. The predicted molar refractivity (Wildman–Crippen MR) is 287 cm³/mol. The Hall–Kier alpha value is -5.58. The third-order valence-corrected chi connectivity index (χ3v) is 14.5. The minimum atomic E-state index is -1.38. The Balaban J connectivity index is 1.24. The Bertz CT molecular complexity index is 2330. The van der Waals surface area contributed by atoms with Gasteiger partial charge in [-0.1, -0.05) is 61.1 Å². The summed E-state index contributed by atoms with van der Waals surface area (Å²) < 4.78 is 0. The minimum absolute atomic E-state index is 0.0580. The monoisotopic (exact) mass is 1080 g/mol. The van der Waals surface area contributed by atoms with Crippen LogP contribution in [0.15, 0.2) is 89.0 Å². The molecule has 10 unspecified atom stereocenters. The van der Waals surface area contributed by atoms with Gasteiger partial charge >= 0.3 is 0 Å². The third-order valence-electron chi connectivity index (χ3n) is 14.5. The molecule has 1 aromatic carbocycles. The molecule has 0 spiro atoms. The first kappa shape index (κ1) is 60.6. The molecule has 0 radical (unpaired) electrons. The van der Waals surface area contributed by atoms with Crippen LogP contribution in [0.1, 0.15) is 54.3 Å². The van der Waals surface area contributed by atoms with Gasteiger partial charge in [0, 0.05) is 139 Å². The van der Waals surface area contributed by atoms with Gasteiger partial charge in [-0.05, 0) is 38.3 Å². The van der Waals surface area contributed by atoms with Gasteiger partial charge in [0.1, 0.15) is 42.2 Å². The number of nitrogens with two attached hydrogens (primary N) is 1. The van der Waals surface area contributed by atoms with E-state index in [1.807, 2.05) is 14.7 Å². The predicted octanol–water partition coefficient (Wildman–Crippen LogP) is -2.91. The average molecular weight is 1080 g/mol. The number of rotatable bonds is 11. The van der Waals surface area contributed by atoms with Crippen LogP contribution in [-0.2, 0) is 14.4 Å². The first-order chi connectivity index (χ1) is 37.2. The highest BCUT2D eigenvalue weighted by Crippen LogP contribution is 2.29. The highest BCUT2D eigenvalue weighted by Gasteiger charge is 2.34. The maximum Gasteiger partial charge on any atom is 0.255 e. The van der Waals surface area contributed by atoms with Crippen LogP contribution in [0.5, 0.6) is 5.75 Å². The van der Waals surface area contributed by atoms with Gasteiger partial charge in [-0.2, -0.15) is 0 Å². The van der Waals surface area contributed by atoms with Crippen molar-refractivity contribution in [2.24, 2.45) is 23.5 Å². The number of allylic oxidation sites excluding steroid dienone is 4. The molecule has 0 fully saturated rings. The number of aromatic hydroxyl groups is 1. The summed E-state index contributed by atoms with van der Waals surface area (Å²) in [6, 6.07) is 4.50. The van der Waals surface area contributed by atoms with Crippen molar-refractivity contribution >= 4 is 23.6 Å². The highest BCUT2D eigenvalue weighted by molar-refractivity contribution is 5.97. The van der Waals surface area contributed by atoms with E-state index >= 15 is 0 Å². The number of hydrogen-bond donors (Lipinski definition) is 17. The van der Waals surface area contributed by atoms with E-state index < -0.39 is 78.1 Å². The van der Waals surface area contributed by atoms with E-state index in [0.717, 1.165) is 19.3 Å². The van der Waals surface area contributed by atoms with Crippen LogP contribution in [0.25, 0.3) is 0 Å². The van der Waals surface area contributed by atoms with E-state index in [9.17, 15) is 60.0 Å². The molecule has 8 bridgehead atoms. The van der Waals surface area contributed by atoms with Crippen molar-refractivity contribution < 1.29 is 60.0 Å². The Labute approximate surface area is 449 Å². The van der Waals surface area contributed by atoms with E-state index in [1.165, 1.54) is 18.2 Å². The molecular weight excluding hydrogens is 997 g/mol. The number of phenols is 1. The summed E-state index contributed by atoms with van der Waals surface area (Å²) in [4.78, 5) is 59.7. The van der Waals surface area contributed by atoms with Crippen molar-refractivity contribution in [3.63, 3.8) is 0 Å². The zero-order valence-electron chi connectivity index (χ0n) is 43.8. The molecule has 426 valence electrons. The van der Waals surface area contributed by atoms with Gasteiger partial charge in [-0.3, -0.25) is 55.1 Å². The van der Waals surface area contributed by atoms with Crippen molar-refractivity contribution in [1.82, 2.24) is 57.2 Å². The van der Waals surface area contributed by atoms with E-state index in [0.29, 0.717) is 52.4 Å². The fourth-order valence-corrected chi connectivity index (χ4v) is 9.83. The topological polar surface area (TPSA) is 362 Å². The van der Waals surface area contributed by atoms with Crippen LogP contribution < -0.4 is 48.3 Å². The highest BCUT2D eigenvalue weighted by atomic mass is 16.3. The molecule has 3 aliphatic heterocycles. The summed E-state index contributed by atoms with van der Waals surface area (Å²) in [6.45, 7) is 4.93. The number of aliphatic hydroxyl groups excluding tert-OH is 7. The van der Waals surface area contributed by atoms with Crippen molar-refractivity contribution in [1.29, 1.82) is 0 Å². The second-order valence-electron chi connectivity index (χ2n) is 19.8. The number of nitrogens with one attached hydrogen (secondary N) is 8. The summed E-state index contributed by atoms with van der Waals surface area (Å²) in [7, 11) is 0. The maximum absolute atomic E-state index is 13.6. The smallest absolute Gasteiger partial charge is 0.255 e. The van der Waals surface area contributed by atoms with Gasteiger partial charge in [0.15, 0.2) is 0 Å². The lowest BCUT2D eigenvalue weighted by Gasteiger charge is -2.31. The van der Waals surface area contributed by atoms with Crippen LogP contribution in [0, 0.1) is 17.8 Å². The zero-order chi connectivity index (χ0) is 55.3. The van der Waals surface area contributed by atoms with Crippen molar-refractivity contribution in [2.75, 3.05) is 118 Å². The van der Waals surface area contributed by atoms with Gasteiger partial charge in [0.05, 0.1) is 23.5 Å². The minimum Gasteiger partial charge on any atom is -0.511 e. The van der Waals surface area contributed by atoms with Crippen LogP contribution in [0.4, 0.5) is 0 Å². The zero-order valence-corrected chi connectivity index (χ0v) is 43.8. The first-order valence-corrected chi connectivity index (χ1v) is 26.9. The number of para-hydroxylation sites is 1. The van der Waals surface area contributed by atoms with E-state index in [-0.39, 0.29) is 118 Å². The van der Waals surface area contributed by atoms with Gasteiger partial charge in [-0.25, -0.2) is 0 Å². The molecule has 24 nitrogen and oxygen atoms in total. The molecule has 0 aromatic heterocycles. The van der Waals surface area contributed by atoms with Crippen LogP contribution in [0.3, 0.4) is 0 Å². The first-order valence-electron chi connectivity index (χ1n) is 26.9. The normalized spacial score (nSPS) is 28.8. The van der Waals surface area contributed by atoms with E-state index in [2.05, 4.69) is 42.5 Å². The van der Waals surface area contributed by atoms with Crippen LogP contribution in [-0.4, -0.2) is 222 Å². The number of unbranched alkanes of at least 4 members (excludes halogenated alkanes) is 2. The fourth-order valence-electron chi connectivity index (χ4n) is 9.83. The molecule has 6 aliphatic rings. The van der Waals surface area contributed by atoms with E-state index in [1.54, 1.807) is 42.5 Å². The number of phenolic OH excluding ortho intramolecular Hbond substituents is 1. The average Bonchev–Trinajstić information content (AvgIpc) is 3.41. The fraction of sp³-hybridized carbons (Fsp3) is 0.585. The van der Waals surface area contributed by atoms with E-state index in [4.69, 9.17) is 5.73 Å². The molecule has 77 heavy (non-hydrogen) atoms. The number of carbonyl (C=O) groups is 4. The number of carbonyl (C=O) groups excluding carboxylic acids is 4. The van der Waals surface area contributed by atoms with Crippen LogP contribution >= 0.6 is 0 Å². The van der Waals surface area contributed by atoms with Gasteiger partial charge in [0.2, 0.25) is 17.7 Å². The Morgan fingerprint density at radius 1 is 0.688 bits per heavy atom. The molecule has 0 saturated heterocycles. The van der Waals surface area contributed by atoms with Gasteiger partial charge < -0.3 is 67.9 Å². The SMILES string of the molecule is NCCCCCNC(=O)C1=CC=CC(C(O)NCCN2CCNC(O)C3=C(O)C(CC=C3)C(=O)NCCN3CCNC(=O)c4cccc(c4O)C(O)NCCN(CCNC(O)C4=C(O)C(CC=C4)C(=O)NCC3)CC2)C1O. The molecule has 18 N–H and O–H groups in total. The molecule has 24 heteroatoms. The van der Waals surface area contributed by atoms with Crippen molar-refractivity contribution in [3.05, 3.63) is 100 Å². The molecule has 0 saturated carbocycles. The second kappa shape index (κ2) is 31.1. The Kier molecular flexibility index (Phi) is 24.5. The summed E-state index contributed by atoms with van der Waals surface area (Å²) in [5.41, 5.74) is 6.02. The number of benzene rings is 1. The Morgan fingerprint density at radius 2 is 1.26 bits per heavy atom. The standard InChI is InChI=1S/C53H82N12O12/c54-16-2-1-3-17-55-46(70)34-8-4-9-35(42(34)66)50(74)59-21-28-64-29-22-60-51(75)39-13-5-10-36(43(39)67)47(71)56-18-25-63-26-19-57-48(72)37-11-6-14-40(44(37)68)52(76)61-23-30-65(33-32-64)31-24-62-53(77)41-15-7-12-38(45(41)69)49(73)58-20-27-63/h4-9,11,13-15,35-36,38,42,50-53,59-62,66-69,74-77H,1-3,10,12,16-33,54H2,(H,55,70)(H,56,71)(H,57,72)(H,58,73). The largest absolute Gasteiger partial charge is 0.511 e. The van der Waals surface area contributed by atoms with Gasteiger partial charge in [0.25, 0.3) is 5.91 Å². The lowest BCUT2D eigenvalue weighted by atomic mass is 9.89. The summed E-state index contributed by atoms with van der Waals surface area (Å²) in [5, 5.41) is 114. The van der Waals surface area contributed by atoms with Gasteiger partial charge in [-0.15, -0.1) is 0 Å². The summed E-state index contributed by atoms with van der Waals surface area (Å²) >= 11 is 0. The lowest BCUT2D eigenvalue weighted by Crippen LogP contribution is -2.49. The second-order valence-corrected chi connectivity index (χ2v) is 19.8. The number of fused-ring (bicyclic) bond motifs is 21. The molecule has 3 heterocycles. The lowest BCUT2D eigenvalue weighted by molar-refractivity contribution is -0.125. The molecule has 4 amide bonds. The molecule has 1 aromatic rings. The third kappa shape index (κ3) is 17.7. The molecule has 10 atom stereocenters. The van der Waals surface area contributed by atoms with Crippen LogP contribution in [0.2, 0.25) is 0 Å². The quantitative estimate of drug-likeness (QED) is 0.0780.